The molecule has 1 aliphatic carbocycles. The molecule has 1 saturated heterocycles. The fourth-order valence-electron chi connectivity index (χ4n) is 2.25. The Labute approximate surface area is 117 Å². The molecule has 116 valence electrons. The zero-order valence-electron chi connectivity index (χ0n) is 11.7. The van der Waals surface area contributed by atoms with E-state index >= 15 is 0 Å². The quantitative estimate of drug-likeness (QED) is 0.503. The third-order valence-corrected chi connectivity index (χ3v) is 3.54. The lowest BCUT2D eigenvalue weighted by molar-refractivity contribution is -0.278. The van der Waals surface area contributed by atoms with Crippen molar-refractivity contribution < 1.29 is 29.6 Å². The van der Waals surface area contributed by atoms with Gasteiger partial charge in [-0.1, -0.05) is 0 Å². The number of ether oxygens (including phenoxy) is 2. The highest BCUT2D eigenvalue weighted by molar-refractivity contribution is 5.81. The molecule has 0 spiro atoms. The van der Waals surface area contributed by atoms with Gasteiger partial charge in [0.25, 0.3) is 0 Å². The molecule has 0 radical (unpaired) electrons. The number of hydrogen-bond acceptors (Lipinski definition) is 6. The molecule has 5 atom stereocenters. The third kappa shape index (κ3) is 3.48. The van der Waals surface area contributed by atoms with E-state index in [1.54, 1.807) is 13.8 Å². The van der Waals surface area contributed by atoms with Crippen LogP contribution in [0.5, 0.6) is 0 Å². The number of aliphatic hydroxyl groups excluding tert-OH is 3. The summed E-state index contributed by atoms with van der Waals surface area (Å²) in [5, 5.41) is 31.9. The van der Waals surface area contributed by atoms with Gasteiger partial charge in [0.2, 0.25) is 5.91 Å². The summed E-state index contributed by atoms with van der Waals surface area (Å²) in [5.41, 5.74) is 0. The van der Waals surface area contributed by atoms with Crippen molar-refractivity contribution in [2.45, 2.75) is 63.4 Å². The molecule has 1 saturated carbocycles. The highest BCUT2D eigenvalue weighted by Crippen LogP contribution is 2.30. The van der Waals surface area contributed by atoms with Crippen LogP contribution in [0.4, 0.5) is 0 Å². The van der Waals surface area contributed by atoms with Gasteiger partial charge < -0.3 is 30.1 Å². The summed E-state index contributed by atoms with van der Waals surface area (Å²) in [7, 11) is 0. The summed E-state index contributed by atoms with van der Waals surface area (Å²) >= 11 is 0. The van der Waals surface area contributed by atoms with Crippen molar-refractivity contribution >= 4 is 5.91 Å². The van der Waals surface area contributed by atoms with Crippen LogP contribution in [0.1, 0.15) is 26.7 Å². The molecule has 1 heterocycles. The molecule has 2 fully saturated rings. The Morgan fingerprint density at radius 3 is 2.50 bits per heavy atom. The molecular formula is C13H23NO6. The number of carbonyl (C=O) groups excluding carboxylic acids is 1. The molecule has 0 aromatic heterocycles. The predicted octanol–water partition coefficient (Wildman–Crippen LogP) is -1.25. The Hall–Kier alpha value is -0.730. The highest BCUT2D eigenvalue weighted by Gasteiger charge is 2.46. The van der Waals surface area contributed by atoms with Gasteiger partial charge in [-0.25, -0.2) is 0 Å². The molecule has 4 N–H and O–H groups in total. The maximum absolute atomic E-state index is 11.8. The monoisotopic (exact) mass is 289 g/mol. The number of carbonyl (C=O) groups is 1. The lowest BCUT2D eigenvalue weighted by Gasteiger charge is -2.42. The fraction of sp³-hybridized carbons (Fsp3) is 0.923. The fourth-order valence-corrected chi connectivity index (χ4v) is 2.25. The van der Waals surface area contributed by atoms with Crippen molar-refractivity contribution in [1.82, 2.24) is 5.32 Å². The van der Waals surface area contributed by atoms with Crippen LogP contribution in [0.3, 0.4) is 0 Å². The molecule has 0 aromatic rings. The van der Waals surface area contributed by atoms with Gasteiger partial charge in [0, 0.05) is 5.92 Å². The number of nitrogens with one attached hydrogen (secondary N) is 1. The van der Waals surface area contributed by atoms with E-state index in [-0.39, 0.29) is 17.9 Å². The zero-order chi connectivity index (χ0) is 14.9. The maximum Gasteiger partial charge on any atom is 0.223 e. The largest absolute Gasteiger partial charge is 0.394 e. The van der Waals surface area contributed by atoms with E-state index in [2.05, 4.69) is 5.32 Å². The van der Waals surface area contributed by atoms with E-state index in [4.69, 9.17) is 14.6 Å². The third-order valence-electron chi connectivity index (χ3n) is 3.54. The first-order valence-corrected chi connectivity index (χ1v) is 7.02. The van der Waals surface area contributed by atoms with Crippen molar-refractivity contribution in [3.63, 3.8) is 0 Å². The van der Waals surface area contributed by atoms with Crippen LogP contribution in [0, 0.1) is 5.92 Å². The second-order valence-corrected chi connectivity index (χ2v) is 5.70. The van der Waals surface area contributed by atoms with Gasteiger partial charge in [-0.2, -0.15) is 0 Å². The van der Waals surface area contributed by atoms with Crippen molar-refractivity contribution in [2.24, 2.45) is 5.92 Å². The standard InChI is InChI=1S/C13H23NO6/c1-6(2)19-13-9(14-12(18)7-3-4-7)11(17)10(16)8(5-15)20-13/h6-11,13,15-17H,3-5H2,1-2H3,(H,14,18)/t8-,9-,10+,11-,13?/m1/s1. The summed E-state index contributed by atoms with van der Waals surface area (Å²) in [4.78, 5) is 11.8. The average Bonchev–Trinajstić information content (AvgIpc) is 3.21. The topological polar surface area (TPSA) is 108 Å². The Morgan fingerprint density at radius 1 is 1.35 bits per heavy atom. The summed E-state index contributed by atoms with van der Waals surface area (Å²) in [6.45, 7) is 3.17. The minimum Gasteiger partial charge on any atom is -0.394 e. The zero-order valence-corrected chi connectivity index (χ0v) is 11.7. The molecule has 7 heteroatoms. The Kier molecular flexibility index (Phi) is 4.98. The second-order valence-electron chi connectivity index (χ2n) is 5.70. The molecule has 20 heavy (non-hydrogen) atoms. The summed E-state index contributed by atoms with van der Waals surface area (Å²) in [6.07, 6.45) is -2.83. The van der Waals surface area contributed by atoms with Crippen LogP contribution in [0.2, 0.25) is 0 Å². The van der Waals surface area contributed by atoms with Gasteiger partial charge >= 0.3 is 0 Å². The first kappa shape index (κ1) is 15.7. The van der Waals surface area contributed by atoms with Gasteiger partial charge in [0.15, 0.2) is 6.29 Å². The van der Waals surface area contributed by atoms with Crippen LogP contribution in [0.25, 0.3) is 0 Å². The molecule has 1 unspecified atom stereocenters. The van der Waals surface area contributed by atoms with Crippen LogP contribution in [-0.2, 0) is 14.3 Å². The van der Waals surface area contributed by atoms with Gasteiger partial charge in [-0.3, -0.25) is 4.79 Å². The lowest BCUT2D eigenvalue weighted by Crippen LogP contribution is -2.65. The van der Waals surface area contributed by atoms with Crippen molar-refractivity contribution in [2.75, 3.05) is 6.61 Å². The number of hydrogen-bond donors (Lipinski definition) is 4. The first-order chi connectivity index (χ1) is 9.43. The van der Waals surface area contributed by atoms with Crippen molar-refractivity contribution in [3.8, 4) is 0 Å². The molecule has 2 rings (SSSR count). The molecule has 1 amide bonds. The molecule has 2 aliphatic rings. The first-order valence-electron chi connectivity index (χ1n) is 7.02. The van der Waals surface area contributed by atoms with Gasteiger partial charge in [-0.15, -0.1) is 0 Å². The highest BCUT2D eigenvalue weighted by atomic mass is 16.7. The van der Waals surface area contributed by atoms with Gasteiger partial charge in [-0.05, 0) is 26.7 Å². The molecule has 7 nitrogen and oxygen atoms in total. The van der Waals surface area contributed by atoms with Gasteiger partial charge in [0.1, 0.15) is 24.4 Å². The Morgan fingerprint density at radius 2 is 2.00 bits per heavy atom. The average molecular weight is 289 g/mol. The minimum absolute atomic E-state index is 0.0189. The molecule has 1 aliphatic heterocycles. The smallest absolute Gasteiger partial charge is 0.223 e. The number of rotatable bonds is 5. The lowest BCUT2D eigenvalue weighted by atomic mass is 9.96. The van der Waals surface area contributed by atoms with E-state index in [1.807, 2.05) is 0 Å². The van der Waals surface area contributed by atoms with Crippen LogP contribution in [0.15, 0.2) is 0 Å². The molecular weight excluding hydrogens is 266 g/mol. The van der Waals surface area contributed by atoms with Crippen molar-refractivity contribution in [3.05, 3.63) is 0 Å². The van der Waals surface area contributed by atoms with Crippen LogP contribution < -0.4 is 5.32 Å². The maximum atomic E-state index is 11.8. The van der Waals surface area contributed by atoms with E-state index in [0.29, 0.717) is 0 Å². The van der Waals surface area contributed by atoms with E-state index in [0.717, 1.165) is 12.8 Å². The second kappa shape index (κ2) is 6.36. The predicted molar refractivity (Wildman–Crippen MR) is 68.6 cm³/mol. The van der Waals surface area contributed by atoms with E-state index in [1.165, 1.54) is 0 Å². The van der Waals surface area contributed by atoms with Crippen LogP contribution in [-0.4, -0.2) is 64.6 Å². The normalized spacial score (nSPS) is 38.0. The molecule has 0 aromatic carbocycles. The number of aliphatic hydroxyl groups is 3. The summed E-state index contributed by atoms with van der Waals surface area (Å²) < 4.78 is 11.0. The summed E-state index contributed by atoms with van der Waals surface area (Å²) in [6, 6.07) is -0.844. The number of amides is 1. The van der Waals surface area contributed by atoms with Gasteiger partial charge in [0.05, 0.1) is 12.7 Å². The minimum atomic E-state index is -1.27. The van der Waals surface area contributed by atoms with Crippen molar-refractivity contribution in [1.29, 1.82) is 0 Å². The molecule has 0 bridgehead atoms. The summed E-state index contributed by atoms with van der Waals surface area (Å²) in [5.74, 6) is -0.181. The Balaban J connectivity index is 2.07. The Bertz CT molecular complexity index is 346. The van der Waals surface area contributed by atoms with E-state index < -0.39 is 37.3 Å². The van der Waals surface area contributed by atoms with Crippen LogP contribution >= 0.6 is 0 Å². The van der Waals surface area contributed by atoms with E-state index in [9.17, 15) is 15.0 Å². The SMILES string of the molecule is CC(C)OC1O[C@H](CO)[C@H](O)[C@H](O)[C@H]1NC(=O)C1CC1.